The predicted octanol–water partition coefficient (Wildman–Crippen LogP) is 4.15. The number of hydrogen-bond donors (Lipinski definition) is 0. The van der Waals surface area contributed by atoms with Crippen molar-refractivity contribution in [3.8, 4) is 0 Å². The molecule has 0 aliphatic rings. The van der Waals surface area contributed by atoms with Crippen molar-refractivity contribution in [1.82, 2.24) is 0 Å². The summed E-state index contributed by atoms with van der Waals surface area (Å²) in [5.41, 5.74) is 0. The average Bonchev–Trinajstić information content (AvgIpc) is 2.60. The topological polar surface area (TPSA) is 80.3 Å². The Morgan fingerprint density at radius 1 is 0.481 bits per heavy atom. The van der Waals surface area contributed by atoms with Gasteiger partial charge in [-0.1, -0.05) is 104 Å². The van der Waals surface area contributed by atoms with Gasteiger partial charge < -0.3 is 19.8 Å². The van der Waals surface area contributed by atoms with E-state index in [9.17, 15) is 19.8 Å². The van der Waals surface area contributed by atoms with E-state index in [0.29, 0.717) is 0 Å². The Hall–Kier alpha value is -0.261. The van der Waals surface area contributed by atoms with Crippen molar-refractivity contribution >= 4 is 35.8 Å². The zero-order valence-corrected chi connectivity index (χ0v) is 20.7. The van der Waals surface area contributed by atoms with Crippen LogP contribution in [-0.2, 0) is 9.59 Å². The van der Waals surface area contributed by atoms with E-state index in [-0.39, 0.29) is 36.7 Å². The number of rotatable bonds is 18. The van der Waals surface area contributed by atoms with E-state index in [4.69, 9.17) is 0 Å². The molecule has 158 valence electrons. The molecule has 27 heavy (non-hydrogen) atoms. The van der Waals surface area contributed by atoms with Crippen molar-refractivity contribution in [3.63, 3.8) is 0 Å². The fourth-order valence-electron chi connectivity index (χ4n) is 2.81. The van der Waals surface area contributed by atoms with Crippen LogP contribution >= 0.6 is 0 Å². The van der Waals surface area contributed by atoms with Gasteiger partial charge >= 0.3 is 23.9 Å². The Kier molecular flexibility index (Phi) is 32.5. The number of unbranched alkanes of at least 4 members (excludes halogenated alkanes) is 14. The van der Waals surface area contributed by atoms with Crippen molar-refractivity contribution < 1.29 is 19.8 Å². The van der Waals surface area contributed by atoms with E-state index >= 15 is 0 Å². The Morgan fingerprint density at radius 2 is 0.704 bits per heavy atom. The van der Waals surface area contributed by atoms with Gasteiger partial charge in [0.2, 0.25) is 0 Å². The molecule has 2 radical (unpaired) electrons. The van der Waals surface area contributed by atoms with Gasteiger partial charge in [-0.05, 0) is 25.7 Å². The minimum absolute atomic E-state index is 0. The molecule has 0 fully saturated rings. The molecule has 0 rings (SSSR count). The van der Waals surface area contributed by atoms with Crippen LogP contribution in [-0.4, -0.2) is 35.8 Å². The molecule has 0 atom stereocenters. The van der Waals surface area contributed by atoms with Crippen LogP contribution in [0.4, 0.5) is 0 Å². The maximum absolute atomic E-state index is 10.1. The molecule has 0 N–H and O–H groups in total. The second-order valence-electron chi connectivity index (χ2n) is 7.19. The zero-order valence-electron chi connectivity index (χ0n) is 17.9. The molecule has 0 aromatic heterocycles. The molecule has 0 saturated carbocycles. The molecular weight excluding hydrogens is 447 g/mol. The molecule has 0 unspecified atom stereocenters. The number of carbonyl (C=O) groups excluding carboxylic acids is 2. The molecule has 0 aromatic carbocycles. The third-order valence-corrected chi connectivity index (χ3v) is 4.47. The third-order valence-electron chi connectivity index (χ3n) is 4.47. The number of aliphatic carboxylic acids is 2. The number of carboxylic acid groups (broad SMARTS) is 2. The van der Waals surface area contributed by atoms with Crippen molar-refractivity contribution in [3.05, 3.63) is 0 Å². The van der Waals surface area contributed by atoms with E-state index in [2.05, 4.69) is 13.8 Å². The number of carbonyl (C=O) groups is 2. The normalized spacial score (nSPS) is 9.85. The Labute approximate surface area is 184 Å². The fourth-order valence-corrected chi connectivity index (χ4v) is 2.81. The van der Waals surface area contributed by atoms with Crippen LogP contribution in [0.2, 0.25) is 0 Å². The number of carboxylic acids is 2. The second kappa shape index (κ2) is 28.0. The molecule has 0 amide bonds. The minimum Gasteiger partial charge on any atom is -0.550 e. The first kappa shape index (κ1) is 31.4. The molecule has 0 bridgehead atoms. The van der Waals surface area contributed by atoms with Crippen LogP contribution in [0.5, 0.6) is 0 Å². The van der Waals surface area contributed by atoms with Crippen LogP contribution in [0, 0.1) is 0 Å². The first-order valence-electron chi connectivity index (χ1n) is 10.9. The van der Waals surface area contributed by atoms with E-state index in [1.807, 2.05) is 0 Å². The summed E-state index contributed by atoms with van der Waals surface area (Å²) in [6.07, 6.45) is 19.5. The predicted molar refractivity (Wildman–Crippen MR) is 110 cm³/mol. The average molecular weight is 489 g/mol. The summed E-state index contributed by atoms with van der Waals surface area (Å²) in [6, 6.07) is 0. The molecule has 0 saturated heterocycles. The first-order valence-corrected chi connectivity index (χ1v) is 10.9. The van der Waals surface area contributed by atoms with Crippen molar-refractivity contribution in [2.75, 3.05) is 0 Å². The van der Waals surface area contributed by atoms with Crippen LogP contribution in [0.15, 0.2) is 0 Å². The van der Waals surface area contributed by atoms with Crippen LogP contribution in [0.25, 0.3) is 0 Å². The quantitative estimate of drug-likeness (QED) is 0.214. The smallest absolute Gasteiger partial charge is 0.550 e. The van der Waals surface area contributed by atoms with Gasteiger partial charge in [0.25, 0.3) is 0 Å². The van der Waals surface area contributed by atoms with E-state index in [0.717, 1.165) is 25.7 Å². The minimum atomic E-state index is -0.911. The van der Waals surface area contributed by atoms with Crippen LogP contribution in [0.3, 0.4) is 0 Å². The Morgan fingerprint density at radius 3 is 0.926 bits per heavy atom. The molecule has 5 heteroatoms. The van der Waals surface area contributed by atoms with Gasteiger partial charge in [-0.25, -0.2) is 0 Å². The fraction of sp³-hybridized carbons (Fsp3) is 0.909. The molecule has 4 nitrogen and oxygen atoms in total. The summed E-state index contributed by atoms with van der Waals surface area (Å²) >= 11 is 0. The van der Waals surface area contributed by atoms with Crippen molar-refractivity contribution in [2.24, 2.45) is 0 Å². The molecule has 0 aromatic rings. The van der Waals surface area contributed by atoms with Crippen LogP contribution in [0.1, 0.15) is 129 Å². The molecular formula is C22H42O4Sn. The summed E-state index contributed by atoms with van der Waals surface area (Å²) in [7, 11) is 0. The maximum Gasteiger partial charge on any atom is 2.00 e. The third kappa shape index (κ3) is 37.2. The van der Waals surface area contributed by atoms with Gasteiger partial charge in [0.05, 0.1) is 0 Å². The van der Waals surface area contributed by atoms with Crippen molar-refractivity contribution in [1.29, 1.82) is 0 Å². The van der Waals surface area contributed by atoms with Gasteiger partial charge in [-0.2, -0.15) is 0 Å². The molecule has 0 heterocycles. The summed E-state index contributed by atoms with van der Waals surface area (Å²) in [5.74, 6) is -1.82. The van der Waals surface area contributed by atoms with E-state index < -0.39 is 11.9 Å². The summed E-state index contributed by atoms with van der Waals surface area (Å²) in [5, 5.41) is 20.1. The summed E-state index contributed by atoms with van der Waals surface area (Å²) in [4.78, 5) is 20.1. The molecule has 0 aliphatic carbocycles. The summed E-state index contributed by atoms with van der Waals surface area (Å²) < 4.78 is 0. The van der Waals surface area contributed by atoms with Gasteiger partial charge in [-0.3, -0.25) is 0 Å². The Balaban J connectivity index is -0.000000411. The zero-order chi connectivity index (χ0) is 19.9. The molecule has 0 aliphatic heterocycles. The van der Waals surface area contributed by atoms with E-state index in [1.165, 1.54) is 77.0 Å². The molecule has 0 spiro atoms. The Bertz CT molecular complexity index is 279. The largest absolute Gasteiger partial charge is 2.00 e. The van der Waals surface area contributed by atoms with Gasteiger partial charge in [0.1, 0.15) is 0 Å². The van der Waals surface area contributed by atoms with Gasteiger partial charge in [-0.15, -0.1) is 0 Å². The summed E-state index contributed by atoms with van der Waals surface area (Å²) in [6.45, 7) is 4.42. The second-order valence-corrected chi connectivity index (χ2v) is 7.19. The SMILES string of the molecule is CCCCCCCCCCC(=O)[O-].CCCCCCCCCCC(=O)[O-].[Sn+2]. The maximum atomic E-state index is 10.1. The van der Waals surface area contributed by atoms with Gasteiger partial charge in [0, 0.05) is 11.9 Å². The van der Waals surface area contributed by atoms with Crippen LogP contribution < -0.4 is 10.2 Å². The standard InChI is InChI=1S/2C11H22O2.Sn/c2*1-2-3-4-5-6-7-8-9-10-11(12)13;/h2*2-10H2,1H3,(H,12,13);/q;;+2/p-2. The van der Waals surface area contributed by atoms with Crippen molar-refractivity contribution in [2.45, 2.75) is 129 Å². The number of hydrogen-bond acceptors (Lipinski definition) is 4. The first-order chi connectivity index (χ1) is 12.5. The van der Waals surface area contributed by atoms with E-state index in [1.54, 1.807) is 0 Å². The monoisotopic (exact) mass is 490 g/mol. The van der Waals surface area contributed by atoms with Gasteiger partial charge in [0.15, 0.2) is 0 Å².